The fourth-order valence-corrected chi connectivity index (χ4v) is 4.55. The van der Waals surface area contributed by atoms with Gasteiger partial charge in [-0.05, 0) is 94.0 Å². The van der Waals surface area contributed by atoms with Crippen LogP contribution in [0.1, 0.15) is 56.4 Å². The Morgan fingerprint density at radius 1 is 0.938 bits per heavy atom. The molecule has 0 atom stereocenters. The standard InChI is InChI=1S/C28H35N3O/c1-4-6-9-20-12-15-25-24(18-20)21(10-7-8-17-29)27(31-25)22-14-16-26(32-5-2)28-23(22)13-11-19(3)30-28/h11-16,18,31H,4-10,17,29H2,1-3H3. The number of nitrogens with one attached hydrogen (secondary N) is 1. The third-order valence-corrected chi connectivity index (χ3v) is 6.20. The molecule has 4 aromatic rings. The van der Waals surface area contributed by atoms with Crippen LogP contribution in [0.25, 0.3) is 33.1 Å². The van der Waals surface area contributed by atoms with Crippen LogP contribution in [0, 0.1) is 6.92 Å². The summed E-state index contributed by atoms with van der Waals surface area (Å²) in [6.45, 7) is 7.65. The molecule has 0 saturated heterocycles. The van der Waals surface area contributed by atoms with Gasteiger partial charge in [-0.1, -0.05) is 25.5 Å². The lowest BCUT2D eigenvalue weighted by molar-refractivity contribution is 0.343. The summed E-state index contributed by atoms with van der Waals surface area (Å²) in [5, 5.41) is 2.46. The number of ether oxygens (including phenoxy) is 1. The predicted molar refractivity (Wildman–Crippen MR) is 136 cm³/mol. The topological polar surface area (TPSA) is 63.9 Å². The third kappa shape index (κ3) is 4.51. The lowest BCUT2D eigenvalue weighted by atomic mass is 9.96. The van der Waals surface area contributed by atoms with Crippen molar-refractivity contribution in [1.82, 2.24) is 9.97 Å². The highest BCUT2D eigenvalue weighted by atomic mass is 16.5. The van der Waals surface area contributed by atoms with Gasteiger partial charge in [0.05, 0.1) is 12.3 Å². The van der Waals surface area contributed by atoms with E-state index in [-0.39, 0.29) is 0 Å². The Bertz CT molecular complexity index is 1210. The van der Waals surface area contributed by atoms with E-state index in [9.17, 15) is 0 Å². The van der Waals surface area contributed by atoms with Crippen LogP contribution in [0.3, 0.4) is 0 Å². The molecule has 0 aliphatic heterocycles. The van der Waals surface area contributed by atoms with E-state index in [1.165, 1.54) is 46.1 Å². The molecule has 0 spiro atoms. The highest BCUT2D eigenvalue weighted by Gasteiger charge is 2.18. The Kier molecular flexibility index (Phi) is 7.11. The summed E-state index contributed by atoms with van der Waals surface area (Å²) in [7, 11) is 0. The summed E-state index contributed by atoms with van der Waals surface area (Å²) in [6.07, 6.45) is 6.70. The monoisotopic (exact) mass is 429 g/mol. The van der Waals surface area contributed by atoms with Crippen LogP contribution in [-0.2, 0) is 12.8 Å². The minimum Gasteiger partial charge on any atom is -0.492 e. The summed E-state index contributed by atoms with van der Waals surface area (Å²) < 4.78 is 5.90. The Morgan fingerprint density at radius 2 is 1.81 bits per heavy atom. The van der Waals surface area contributed by atoms with E-state index in [1.807, 2.05) is 13.8 Å². The van der Waals surface area contributed by atoms with E-state index >= 15 is 0 Å². The molecular formula is C28H35N3O. The molecule has 4 rings (SSSR count). The average molecular weight is 430 g/mol. The molecule has 0 bridgehead atoms. The van der Waals surface area contributed by atoms with Gasteiger partial charge in [-0.25, -0.2) is 4.98 Å². The van der Waals surface area contributed by atoms with Crippen molar-refractivity contribution in [2.75, 3.05) is 13.2 Å². The zero-order valence-electron chi connectivity index (χ0n) is 19.6. The van der Waals surface area contributed by atoms with Gasteiger partial charge >= 0.3 is 0 Å². The van der Waals surface area contributed by atoms with Gasteiger partial charge in [0.2, 0.25) is 0 Å². The maximum absolute atomic E-state index is 5.90. The molecule has 2 aromatic carbocycles. The van der Waals surface area contributed by atoms with Gasteiger partial charge in [-0.3, -0.25) is 0 Å². The number of nitrogens with zero attached hydrogens (tertiary/aromatic N) is 1. The maximum atomic E-state index is 5.90. The number of unbranched alkanes of at least 4 members (excludes halogenated alkanes) is 2. The second-order valence-electron chi connectivity index (χ2n) is 8.60. The van der Waals surface area contributed by atoms with Crippen molar-refractivity contribution in [1.29, 1.82) is 0 Å². The van der Waals surface area contributed by atoms with Gasteiger partial charge in [0.15, 0.2) is 0 Å². The predicted octanol–water partition coefficient (Wildman–Crippen LogP) is 6.71. The van der Waals surface area contributed by atoms with Crippen molar-refractivity contribution in [2.24, 2.45) is 5.73 Å². The molecule has 0 radical (unpaired) electrons. The van der Waals surface area contributed by atoms with Crippen LogP contribution >= 0.6 is 0 Å². The Morgan fingerprint density at radius 3 is 2.59 bits per heavy atom. The number of benzene rings is 2. The summed E-state index contributed by atoms with van der Waals surface area (Å²) in [5.74, 6) is 0.845. The third-order valence-electron chi connectivity index (χ3n) is 6.20. The van der Waals surface area contributed by atoms with Gasteiger partial charge in [0.25, 0.3) is 0 Å². The summed E-state index contributed by atoms with van der Waals surface area (Å²) in [5.41, 5.74) is 14.1. The first kappa shape index (κ1) is 22.3. The van der Waals surface area contributed by atoms with Crippen molar-refractivity contribution in [3.63, 3.8) is 0 Å². The molecule has 168 valence electrons. The van der Waals surface area contributed by atoms with Gasteiger partial charge in [0, 0.05) is 27.5 Å². The van der Waals surface area contributed by atoms with E-state index in [4.69, 9.17) is 15.5 Å². The first-order chi connectivity index (χ1) is 15.7. The largest absolute Gasteiger partial charge is 0.492 e. The SMILES string of the molecule is CCCCc1ccc2[nH]c(-c3ccc(OCC)c4nc(C)ccc34)c(CCCCN)c2c1. The zero-order chi connectivity index (χ0) is 22.5. The van der Waals surface area contributed by atoms with E-state index in [0.29, 0.717) is 6.61 Å². The Labute approximate surface area is 191 Å². The molecular weight excluding hydrogens is 394 g/mol. The first-order valence-electron chi connectivity index (χ1n) is 12.0. The molecule has 4 nitrogen and oxygen atoms in total. The molecule has 0 amide bonds. The molecule has 3 N–H and O–H groups in total. The molecule has 2 heterocycles. The first-order valence-corrected chi connectivity index (χ1v) is 12.0. The van der Waals surface area contributed by atoms with E-state index in [1.54, 1.807) is 0 Å². The van der Waals surface area contributed by atoms with Crippen LogP contribution in [0.2, 0.25) is 0 Å². The average Bonchev–Trinajstić information content (AvgIpc) is 3.16. The molecule has 0 unspecified atom stereocenters. The highest BCUT2D eigenvalue weighted by molar-refractivity contribution is 6.01. The van der Waals surface area contributed by atoms with Gasteiger partial charge in [0.1, 0.15) is 11.3 Å². The maximum Gasteiger partial charge on any atom is 0.145 e. The van der Waals surface area contributed by atoms with Crippen molar-refractivity contribution < 1.29 is 4.74 Å². The van der Waals surface area contributed by atoms with Crippen molar-refractivity contribution >= 4 is 21.8 Å². The lowest BCUT2D eigenvalue weighted by Gasteiger charge is -2.13. The van der Waals surface area contributed by atoms with E-state index < -0.39 is 0 Å². The van der Waals surface area contributed by atoms with Crippen LogP contribution in [-0.4, -0.2) is 23.1 Å². The summed E-state index contributed by atoms with van der Waals surface area (Å²) in [6, 6.07) is 15.4. The number of hydrogen-bond donors (Lipinski definition) is 2. The molecule has 0 fully saturated rings. The van der Waals surface area contributed by atoms with Crippen molar-refractivity contribution in [3.05, 3.63) is 59.3 Å². The number of hydrogen-bond acceptors (Lipinski definition) is 3. The van der Waals surface area contributed by atoms with Crippen molar-refractivity contribution in [2.45, 2.75) is 59.3 Å². The van der Waals surface area contributed by atoms with E-state index in [2.05, 4.69) is 54.4 Å². The lowest BCUT2D eigenvalue weighted by Crippen LogP contribution is -2.00. The second-order valence-corrected chi connectivity index (χ2v) is 8.60. The fourth-order valence-electron chi connectivity index (χ4n) is 4.55. The minimum atomic E-state index is 0.626. The fraction of sp³-hybridized carbons (Fsp3) is 0.393. The molecule has 32 heavy (non-hydrogen) atoms. The van der Waals surface area contributed by atoms with Gasteiger partial charge in [-0.15, -0.1) is 0 Å². The number of pyridine rings is 1. The number of aryl methyl sites for hydroxylation is 3. The van der Waals surface area contributed by atoms with Crippen molar-refractivity contribution in [3.8, 4) is 17.0 Å². The minimum absolute atomic E-state index is 0.626. The number of rotatable bonds is 10. The normalized spacial score (nSPS) is 11.5. The van der Waals surface area contributed by atoms with Gasteiger partial charge in [-0.2, -0.15) is 0 Å². The van der Waals surface area contributed by atoms with E-state index in [0.717, 1.165) is 54.6 Å². The van der Waals surface area contributed by atoms with Crippen LogP contribution in [0.15, 0.2) is 42.5 Å². The van der Waals surface area contributed by atoms with Crippen LogP contribution in [0.5, 0.6) is 5.75 Å². The van der Waals surface area contributed by atoms with Crippen LogP contribution < -0.4 is 10.5 Å². The Balaban J connectivity index is 1.90. The smallest absolute Gasteiger partial charge is 0.145 e. The molecule has 0 aliphatic rings. The summed E-state index contributed by atoms with van der Waals surface area (Å²) in [4.78, 5) is 8.58. The number of aromatic nitrogens is 2. The molecule has 2 aromatic heterocycles. The number of aromatic amines is 1. The molecule has 4 heteroatoms. The second kappa shape index (κ2) is 10.2. The van der Waals surface area contributed by atoms with Crippen LogP contribution in [0.4, 0.5) is 0 Å². The molecule has 0 aliphatic carbocycles. The number of H-pyrrole nitrogens is 1. The summed E-state index contributed by atoms with van der Waals surface area (Å²) >= 11 is 0. The Hall–Kier alpha value is -2.85. The van der Waals surface area contributed by atoms with Gasteiger partial charge < -0.3 is 15.5 Å². The number of fused-ring (bicyclic) bond motifs is 2. The zero-order valence-corrected chi connectivity index (χ0v) is 19.6. The highest BCUT2D eigenvalue weighted by Crippen LogP contribution is 2.38. The quantitative estimate of drug-likeness (QED) is 0.275. The number of nitrogens with two attached hydrogens (primary N) is 1. The molecule has 0 saturated carbocycles.